The molecule has 4 fully saturated rings. The summed E-state index contributed by atoms with van der Waals surface area (Å²) in [6.45, 7) is 17.4. The molecule has 4 atom stereocenters. The van der Waals surface area contributed by atoms with Crippen molar-refractivity contribution in [3.05, 3.63) is 120 Å². The molecule has 3 aliphatic carbocycles. The summed E-state index contributed by atoms with van der Waals surface area (Å²) in [4.78, 5) is 51.5. The largest absolute Gasteiger partial charge is 0.397 e. The zero-order chi connectivity index (χ0) is 58.9. The van der Waals surface area contributed by atoms with Crippen molar-refractivity contribution in [3.63, 3.8) is 0 Å². The third-order valence-corrected chi connectivity index (χ3v) is 19.0. The molecule has 0 radical (unpaired) electrons. The molecule has 17 nitrogen and oxygen atoms in total. The second kappa shape index (κ2) is 26.9. The van der Waals surface area contributed by atoms with Gasteiger partial charge in [0.2, 0.25) is 27.8 Å². The lowest BCUT2D eigenvalue weighted by atomic mass is 9.60. The first-order chi connectivity index (χ1) is 39.1. The average molecular weight is 1160 g/mol. The number of nitrogens with one attached hydrogen (secondary N) is 4. The number of sulfone groups is 1. The van der Waals surface area contributed by atoms with Crippen molar-refractivity contribution in [3.8, 4) is 0 Å². The van der Waals surface area contributed by atoms with E-state index < -0.39 is 31.6 Å². The predicted molar refractivity (Wildman–Crippen MR) is 320 cm³/mol. The van der Waals surface area contributed by atoms with Gasteiger partial charge < -0.3 is 19.6 Å². The number of imidazole rings is 2. The van der Waals surface area contributed by atoms with E-state index >= 15 is 0 Å². The molecule has 10 rings (SSSR count). The van der Waals surface area contributed by atoms with Crippen LogP contribution in [0, 0.1) is 29.5 Å². The lowest BCUT2D eigenvalue weighted by molar-refractivity contribution is -0.126. The van der Waals surface area contributed by atoms with E-state index in [1.807, 2.05) is 18.4 Å². The Morgan fingerprint density at radius 2 is 1.45 bits per heavy atom. The highest BCUT2D eigenvalue weighted by Crippen LogP contribution is 2.54. The maximum absolute atomic E-state index is 13.8. The molecule has 3 heterocycles. The van der Waals surface area contributed by atoms with E-state index in [0.29, 0.717) is 60.4 Å². The van der Waals surface area contributed by atoms with Crippen LogP contribution in [0.5, 0.6) is 0 Å². The van der Waals surface area contributed by atoms with Crippen LogP contribution in [0.15, 0.2) is 107 Å². The normalized spacial score (nSPS) is 22.1. The molecule has 4 aromatic carbocycles. The highest BCUT2D eigenvalue weighted by atomic mass is 32.2. The molecule has 1 aliphatic heterocycles. The molecule has 2 bridgehead atoms. The van der Waals surface area contributed by atoms with Gasteiger partial charge in [-0.1, -0.05) is 44.9 Å². The molecule has 82 heavy (non-hydrogen) atoms. The number of nitrogens with zero attached hydrogens (tertiary/aromatic N) is 5. The second-order valence-corrected chi connectivity index (χ2v) is 27.1. The molecule has 3 amide bonds. The second-order valence-electron chi connectivity index (χ2n) is 23.3. The molecule has 5 N–H and O–H groups in total. The van der Waals surface area contributed by atoms with Crippen molar-refractivity contribution in [2.24, 2.45) is 23.7 Å². The number of carbonyl (C=O) groups excluding carboxylic acids is 3. The summed E-state index contributed by atoms with van der Waals surface area (Å²) in [5, 5.41) is 16.5. The molecule has 4 aliphatic rings. The van der Waals surface area contributed by atoms with Gasteiger partial charge in [-0.05, 0) is 201 Å². The Labute approximate surface area is 482 Å². The Morgan fingerprint density at radius 1 is 0.793 bits per heavy atom. The van der Waals surface area contributed by atoms with E-state index in [2.05, 4.69) is 73.7 Å². The number of piperidine rings is 1. The number of fused-ring (bicyclic) bond motifs is 4. The summed E-state index contributed by atoms with van der Waals surface area (Å²) in [5.41, 5.74) is 4.82. The smallest absolute Gasteiger partial charge is 0.258 e. The Hall–Kier alpha value is -6.32. The van der Waals surface area contributed by atoms with Gasteiger partial charge in [-0.3, -0.25) is 29.9 Å². The van der Waals surface area contributed by atoms with Gasteiger partial charge in [-0.25, -0.2) is 35.9 Å². The van der Waals surface area contributed by atoms with Crippen LogP contribution in [-0.2, 0) is 36.7 Å². The van der Waals surface area contributed by atoms with Gasteiger partial charge in [-0.15, -0.1) is 6.58 Å². The van der Waals surface area contributed by atoms with E-state index in [1.165, 1.54) is 86.2 Å². The fraction of sp³-hybridized carbons (Fsp3) is 0.500. The first kappa shape index (κ1) is 61.7. The Kier molecular flexibility index (Phi) is 20.3. The van der Waals surface area contributed by atoms with Gasteiger partial charge in [0.1, 0.15) is 5.82 Å². The van der Waals surface area contributed by atoms with E-state index in [1.54, 1.807) is 31.2 Å². The van der Waals surface area contributed by atoms with E-state index in [-0.39, 0.29) is 75.4 Å². The number of halogens is 1. The monoisotopic (exact) mass is 1160 g/mol. The third kappa shape index (κ3) is 14.9. The summed E-state index contributed by atoms with van der Waals surface area (Å²) in [7, 11) is -7.22. The summed E-state index contributed by atoms with van der Waals surface area (Å²) < 4.78 is 70.0. The number of hydrogen-bond donors (Lipinski definition) is 5. The van der Waals surface area contributed by atoms with Crippen LogP contribution in [0.25, 0.3) is 22.1 Å². The fourth-order valence-corrected chi connectivity index (χ4v) is 14.6. The number of aliphatic hydroxyl groups is 1. The lowest BCUT2D eigenvalue weighted by Crippen LogP contribution is -2.47. The van der Waals surface area contributed by atoms with E-state index in [9.17, 15) is 35.6 Å². The molecular weight excluding hydrogens is 1080 g/mol. The number of amides is 3. The van der Waals surface area contributed by atoms with Crippen LogP contribution in [0.3, 0.4) is 0 Å². The number of carbonyl (C=O) groups is 3. The van der Waals surface area contributed by atoms with Crippen molar-refractivity contribution in [1.82, 2.24) is 34.0 Å². The maximum atomic E-state index is 13.8. The van der Waals surface area contributed by atoms with Crippen molar-refractivity contribution < 1.29 is 40.7 Å². The molecule has 2 aromatic heterocycles. The molecule has 1 saturated heterocycles. The molecular formula is C62H82FN9O8S2. The van der Waals surface area contributed by atoms with Crippen LogP contribution >= 0.6 is 0 Å². The number of rotatable bonds is 16. The van der Waals surface area contributed by atoms with Crippen LogP contribution in [0.4, 0.5) is 16.3 Å². The van der Waals surface area contributed by atoms with Gasteiger partial charge in [0.15, 0.2) is 9.84 Å². The number of likely N-dealkylation sites (tertiary alicyclic amines) is 1. The zero-order valence-corrected chi connectivity index (χ0v) is 49.9. The highest BCUT2D eigenvalue weighted by Gasteiger charge is 2.48. The molecule has 0 spiro atoms. The third-order valence-electron chi connectivity index (χ3n) is 16.4. The average Bonchev–Trinajstić information content (AvgIpc) is 2.17. The molecule has 3 saturated carbocycles. The number of aromatic nitrogens is 4. The molecule has 6 aromatic rings. The van der Waals surface area contributed by atoms with E-state index in [4.69, 9.17) is 10.1 Å². The molecule has 442 valence electrons. The minimum atomic E-state index is -3.77. The predicted octanol–water partition coefficient (Wildman–Crippen LogP) is 10.8. The quantitative estimate of drug-likeness (QED) is 0.0573. The molecule has 20 heteroatoms. The Bertz CT molecular complexity index is 3460. The fourth-order valence-electron chi connectivity index (χ4n) is 13.0. The van der Waals surface area contributed by atoms with Crippen molar-refractivity contribution >= 4 is 71.5 Å². The number of sulfonamides is 1. The van der Waals surface area contributed by atoms with Gasteiger partial charge in [0.05, 0.1) is 31.9 Å². The first-order valence-corrected chi connectivity index (χ1v) is 32.5. The summed E-state index contributed by atoms with van der Waals surface area (Å²) in [6.07, 6.45) is 16.1. The van der Waals surface area contributed by atoms with Crippen LogP contribution < -0.4 is 20.7 Å². The van der Waals surface area contributed by atoms with E-state index in [0.717, 1.165) is 62.6 Å². The summed E-state index contributed by atoms with van der Waals surface area (Å²) >= 11 is 0. The van der Waals surface area contributed by atoms with Crippen molar-refractivity contribution in [2.75, 3.05) is 43.1 Å². The zero-order valence-electron chi connectivity index (χ0n) is 48.3. The van der Waals surface area contributed by atoms with Crippen LogP contribution in [-0.4, -0.2) is 102 Å². The maximum Gasteiger partial charge on any atom is 0.258 e. The number of hydrogen-bond acceptors (Lipinski definition) is 11. The highest BCUT2D eigenvalue weighted by molar-refractivity contribution is 7.90. The van der Waals surface area contributed by atoms with Gasteiger partial charge in [-0.2, -0.15) is 0 Å². The topological polar surface area (TPSA) is 227 Å². The van der Waals surface area contributed by atoms with Gasteiger partial charge >= 0.3 is 0 Å². The first-order valence-electron chi connectivity index (χ1n) is 29.1. The summed E-state index contributed by atoms with van der Waals surface area (Å²) in [5.74, 6) is 1.44. The molecule has 4 unspecified atom stereocenters. The standard InChI is InChI=1S/C35H47N5O3S.C25H29FN4O4S.C2H6O/c1-4-14-36-44(42,43)30-11-9-10-29(20-30)33(41)38-34-37-31-13-12-27(24-39-15-7-6-8-16-39)19-32(31)40(34)35-21-25(3)17-28(23-35)18-26(5-2)22-35;1-15(2)27-23(31)17-6-10-19(11-7-17)30-22-14-20(35(3,33)34)12-13-21(22)28-25(30)29-24(32)16-4-8-18(26)9-5-16;1-2-3/h4,9-13,19-20,25-26,28,36H,1,5-8,14-18,21-24H2,2-3H3,(H,37,38,41);4-5,8-9,12-15,17,19H,6-7,10-11H2,1-3H3,(H,27,31)(H,28,29,32);3H,2H2,1H3. The van der Waals surface area contributed by atoms with Gasteiger partial charge in [0, 0.05) is 60.6 Å². The SMILES string of the molecule is C=CCNS(=O)(=O)c1cccc(C(=O)Nc2nc3ccc(CN4CCCCC4)cc3n2C23CC(C)CC(CC(CC)C2)C3)c1.CC(C)NC(=O)C1CCC(n2c(NC(=O)c3ccc(F)cc3)nc3ccc(S(C)(=O)=O)cc32)CC1.CCO. The number of anilines is 2. The minimum Gasteiger partial charge on any atom is -0.397 e. The van der Waals surface area contributed by atoms with Crippen molar-refractivity contribution in [1.29, 1.82) is 0 Å². The lowest BCUT2D eigenvalue weighted by Gasteiger charge is -2.51. The van der Waals surface area contributed by atoms with Crippen LogP contribution in [0.1, 0.15) is 150 Å². The summed E-state index contributed by atoms with van der Waals surface area (Å²) in [6, 6.07) is 22.6. The van der Waals surface area contributed by atoms with Crippen LogP contribution in [0.2, 0.25) is 0 Å². The van der Waals surface area contributed by atoms with Crippen molar-refractivity contribution in [2.45, 2.75) is 152 Å². The number of aliphatic hydroxyl groups excluding tert-OH is 1. The number of benzene rings is 4. The Morgan fingerprint density at radius 3 is 2.12 bits per heavy atom. The van der Waals surface area contributed by atoms with Gasteiger partial charge in [0.25, 0.3) is 11.8 Å². The Balaban J connectivity index is 0.000000210. The minimum absolute atomic E-state index is 0.0399.